The normalized spacial score (nSPS) is 10.2. The van der Waals surface area contributed by atoms with Crippen molar-refractivity contribution in [2.75, 3.05) is 5.32 Å². The predicted octanol–water partition coefficient (Wildman–Crippen LogP) is 2.55. The van der Waals surface area contributed by atoms with Gasteiger partial charge in [-0.2, -0.15) is 0 Å². The van der Waals surface area contributed by atoms with Crippen LogP contribution < -0.4 is 5.32 Å². The molecular weight excluding hydrogens is 243 g/mol. The molecule has 0 aliphatic heterocycles. The van der Waals surface area contributed by atoms with Gasteiger partial charge in [0.25, 0.3) is 5.91 Å². The highest BCUT2D eigenvalue weighted by atomic mass is 32.1. The minimum Gasteiger partial charge on any atom is -0.507 e. The largest absolute Gasteiger partial charge is 0.507 e. The minimum atomic E-state index is -0.593. The summed E-state index contributed by atoms with van der Waals surface area (Å²) in [6, 6.07) is 3.23. The van der Waals surface area contributed by atoms with Crippen molar-refractivity contribution in [1.29, 1.82) is 0 Å². The van der Waals surface area contributed by atoms with Gasteiger partial charge in [-0.25, -0.2) is 9.37 Å². The van der Waals surface area contributed by atoms with Gasteiger partial charge in [0.05, 0.1) is 5.56 Å². The van der Waals surface area contributed by atoms with E-state index in [1.54, 1.807) is 6.20 Å². The SMILES string of the molecule is Cc1cnc(NC(=O)c2ccc(F)cc2O)s1. The summed E-state index contributed by atoms with van der Waals surface area (Å²) in [5, 5.41) is 12.4. The molecule has 0 fully saturated rings. The van der Waals surface area contributed by atoms with Crippen LogP contribution in [0.1, 0.15) is 15.2 Å². The number of phenols is 1. The summed E-state index contributed by atoms with van der Waals surface area (Å²) < 4.78 is 12.7. The molecule has 4 nitrogen and oxygen atoms in total. The summed E-state index contributed by atoms with van der Waals surface area (Å²) >= 11 is 1.32. The van der Waals surface area contributed by atoms with Crippen molar-refractivity contribution in [3.05, 3.63) is 40.7 Å². The molecule has 6 heteroatoms. The lowest BCUT2D eigenvalue weighted by Gasteiger charge is -2.03. The van der Waals surface area contributed by atoms with Crippen LogP contribution in [0.2, 0.25) is 0 Å². The molecule has 0 bridgehead atoms. The molecule has 0 atom stereocenters. The molecule has 0 saturated carbocycles. The Balaban J connectivity index is 2.20. The average Bonchev–Trinajstić information content (AvgIpc) is 2.63. The second-order valence-corrected chi connectivity index (χ2v) is 4.63. The van der Waals surface area contributed by atoms with E-state index in [-0.39, 0.29) is 5.56 Å². The van der Waals surface area contributed by atoms with Gasteiger partial charge in [-0.05, 0) is 19.1 Å². The molecule has 1 heterocycles. The van der Waals surface area contributed by atoms with E-state index in [2.05, 4.69) is 10.3 Å². The van der Waals surface area contributed by atoms with E-state index in [1.807, 2.05) is 6.92 Å². The molecule has 88 valence electrons. The fraction of sp³-hybridized carbons (Fsp3) is 0.0909. The van der Waals surface area contributed by atoms with E-state index in [0.29, 0.717) is 5.13 Å². The van der Waals surface area contributed by atoms with Crippen molar-refractivity contribution in [2.24, 2.45) is 0 Å². The number of aromatic nitrogens is 1. The summed E-state index contributed by atoms with van der Waals surface area (Å²) in [4.78, 5) is 16.6. The van der Waals surface area contributed by atoms with Crippen LogP contribution in [-0.4, -0.2) is 16.0 Å². The van der Waals surface area contributed by atoms with Crippen LogP contribution in [0.4, 0.5) is 9.52 Å². The Bertz CT molecular complexity index is 568. The van der Waals surface area contributed by atoms with E-state index in [4.69, 9.17) is 0 Å². The molecule has 0 spiro atoms. The third-order valence-corrected chi connectivity index (χ3v) is 2.87. The number of thiazole rings is 1. The number of anilines is 1. The number of aryl methyl sites for hydroxylation is 1. The summed E-state index contributed by atoms with van der Waals surface area (Å²) in [5.74, 6) is -1.50. The zero-order valence-corrected chi connectivity index (χ0v) is 9.71. The first kappa shape index (κ1) is 11.5. The standard InChI is InChI=1S/C11H9FN2O2S/c1-6-5-13-11(17-6)14-10(16)8-3-2-7(12)4-9(8)15/h2-5,15H,1H3,(H,13,14,16). The Morgan fingerprint density at radius 2 is 2.29 bits per heavy atom. The third-order valence-electron chi connectivity index (χ3n) is 2.05. The highest BCUT2D eigenvalue weighted by Gasteiger charge is 2.13. The monoisotopic (exact) mass is 252 g/mol. The quantitative estimate of drug-likeness (QED) is 0.863. The fourth-order valence-corrected chi connectivity index (χ4v) is 1.93. The van der Waals surface area contributed by atoms with Crippen molar-refractivity contribution in [3.63, 3.8) is 0 Å². The van der Waals surface area contributed by atoms with Gasteiger partial charge in [0.1, 0.15) is 11.6 Å². The van der Waals surface area contributed by atoms with Gasteiger partial charge < -0.3 is 5.11 Å². The van der Waals surface area contributed by atoms with E-state index in [9.17, 15) is 14.3 Å². The third kappa shape index (κ3) is 2.59. The average molecular weight is 252 g/mol. The minimum absolute atomic E-state index is 0.0132. The number of phenolic OH excluding ortho intramolecular Hbond substituents is 1. The maximum atomic E-state index is 12.7. The van der Waals surface area contributed by atoms with Crippen molar-refractivity contribution in [1.82, 2.24) is 4.98 Å². The van der Waals surface area contributed by atoms with Crippen LogP contribution in [0.3, 0.4) is 0 Å². The lowest BCUT2D eigenvalue weighted by Crippen LogP contribution is -2.11. The van der Waals surface area contributed by atoms with E-state index in [1.165, 1.54) is 17.4 Å². The lowest BCUT2D eigenvalue weighted by molar-refractivity contribution is 0.102. The van der Waals surface area contributed by atoms with Gasteiger partial charge in [-0.1, -0.05) is 0 Å². The topological polar surface area (TPSA) is 62.2 Å². The van der Waals surface area contributed by atoms with Crippen LogP contribution in [0, 0.1) is 12.7 Å². The first-order valence-corrected chi connectivity index (χ1v) is 5.60. The van der Waals surface area contributed by atoms with Gasteiger partial charge in [0.15, 0.2) is 5.13 Å². The zero-order chi connectivity index (χ0) is 12.4. The number of nitrogens with one attached hydrogen (secondary N) is 1. The number of hydrogen-bond donors (Lipinski definition) is 2. The Kier molecular flexibility index (Phi) is 3.06. The Morgan fingerprint density at radius 3 is 2.88 bits per heavy atom. The van der Waals surface area contributed by atoms with Gasteiger partial charge >= 0.3 is 0 Å². The molecule has 2 rings (SSSR count). The van der Waals surface area contributed by atoms with Crippen LogP contribution in [-0.2, 0) is 0 Å². The number of rotatable bonds is 2. The predicted molar refractivity (Wildman–Crippen MR) is 62.9 cm³/mol. The van der Waals surface area contributed by atoms with Crippen LogP contribution >= 0.6 is 11.3 Å². The highest BCUT2D eigenvalue weighted by Crippen LogP contribution is 2.21. The molecule has 1 aromatic heterocycles. The lowest BCUT2D eigenvalue weighted by atomic mass is 10.2. The molecule has 2 aromatic rings. The van der Waals surface area contributed by atoms with Crippen LogP contribution in [0.15, 0.2) is 24.4 Å². The molecule has 0 radical (unpaired) electrons. The molecule has 0 aliphatic carbocycles. The number of aromatic hydroxyl groups is 1. The van der Waals surface area contributed by atoms with Crippen molar-refractivity contribution in [3.8, 4) is 5.75 Å². The number of halogens is 1. The molecule has 0 saturated heterocycles. The maximum absolute atomic E-state index is 12.7. The Morgan fingerprint density at radius 1 is 1.53 bits per heavy atom. The summed E-state index contributed by atoms with van der Waals surface area (Å²) in [6.07, 6.45) is 1.63. The Labute approximate surface area is 101 Å². The number of nitrogens with zero attached hydrogens (tertiary/aromatic N) is 1. The van der Waals surface area contributed by atoms with Gasteiger partial charge in [-0.15, -0.1) is 11.3 Å². The molecule has 2 N–H and O–H groups in total. The Hall–Kier alpha value is -1.95. The second-order valence-electron chi connectivity index (χ2n) is 3.39. The van der Waals surface area contributed by atoms with E-state index >= 15 is 0 Å². The van der Waals surface area contributed by atoms with Crippen molar-refractivity contribution in [2.45, 2.75) is 6.92 Å². The highest BCUT2D eigenvalue weighted by molar-refractivity contribution is 7.15. The van der Waals surface area contributed by atoms with Gasteiger partial charge in [0, 0.05) is 17.1 Å². The summed E-state index contributed by atoms with van der Waals surface area (Å²) in [5.41, 5.74) is 0.0132. The number of hydrogen-bond acceptors (Lipinski definition) is 4. The number of carbonyl (C=O) groups is 1. The molecule has 17 heavy (non-hydrogen) atoms. The van der Waals surface area contributed by atoms with E-state index < -0.39 is 17.5 Å². The van der Waals surface area contributed by atoms with Crippen molar-refractivity contribution >= 4 is 22.4 Å². The number of carbonyl (C=O) groups excluding carboxylic acids is 1. The fourth-order valence-electron chi connectivity index (χ4n) is 1.27. The first-order chi connectivity index (χ1) is 8.06. The molecule has 1 amide bonds. The van der Waals surface area contributed by atoms with E-state index in [0.717, 1.165) is 17.0 Å². The second kappa shape index (κ2) is 4.50. The van der Waals surface area contributed by atoms with Gasteiger partial charge in [-0.3, -0.25) is 10.1 Å². The summed E-state index contributed by atoms with van der Waals surface area (Å²) in [7, 11) is 0. The van der Waals surface area contributed by atoms with Crippen molar-refractivity contribution < 1.29 is 14.3 Å². The first-order valence-electron chi connectivity index (χ1n) is 4.78. The van der Waals surface area contributed by atoms with Gasteiger partial charge in [0.2, 0.25) is 0 Å². The van der Waals surface area contributed by atoms with Crippen LogP contribution in [0.25, 0.3) is 0 Å². The molecule has 0 unspecified atom stereocenters. The maximum Gasteiger partial charge on any atom is 0.261 e. The molecular formula is C11H9FN2O2S. The molecule has 0 aliphatic rings. The summed E-state index contributed by atoms with van der Waals surface area (Å²) in [6.45, 7) is 1.86. The number of benzene rings is 1. The molecule has 1 aromatic carbocycles. The number of amides is 1. The zero-order valence-electron chi connectivity index (χ0n) is 8.90. The van der Waals surface area contributed by atoms with Crippen LogP contribution in [0.5, 0.6) is 5.75 Å². The smallest absolute Gasteiger partial charge is 0.261 e.